The first kappa shape index (κ1) is 19.4. The van der Waals surface area contributed by atoms with Gasteiger partial charge in [0.25, 0.3) is 5.91 Å². The minimum Gasteiger partial charge on any atom is -0.493 e. The number of ether oxygens (including phenoxy) is 4. The number of hydrogen-bond donors (Lipinski definition) is 1. The molecule has 2 aromatic rings. The van der Waals surface area contributed by atoms with E-state index in [1.54, 1.807) is 33.5 Å². The SMILES string of the molecule is CCC(Oc1ccccc1)C(=O)NCc1cc(OC)c(OC)c(OC)c1. The number of methoxy groups -OCH3 is 3. The van der Waals surface area contributed by atoms with Crippen molar-refractivity contribution >= 4 is 5.91 Å². The quantitative estimate of drug-likeness (QED) is 0.745. The van der Waals surface area contributed by atoms with Crippen LogP contribution in [-0.2, 0) is 11.3 Å². The van der Waals surface area contributed by atoms with Crippen molar-refractivity contribution in [1.29, 1.82) is 0 Å². The molecule has 0 radical (unpaired) electrons. The van der Waals surface area contributed by atoms with Crippen molar-refractivity contribution in [2.45, 2.75) is 26.0 Å². The van der Waals surface area contributed by atoms with Crippen molar-refractivity contribution in [2.75, 3.05) is 21.3 Å². The fourth-order valence-corrected chi connectivity index (χ4v) is 2.53. The van der Waals surface area contributed by atoms with E-state index in [1.807, 2.05) is 37.3 Å². The molecule has 0 bridgehead atoms. The molecule has 2 rings (SSSR count). The molecule has 26 heavy (non-hydrogen) atoms. The molecule has 1 unspecified atom stereocenters. The Morgan fingerprint density at radius 3 is 2.12 bits per heavy atom. The molecule has 0 spiro atoms. The maximum absolute atomic E-state index is 12.5. The lowest BCUT2D eigenvalue weighted by atomic mass is 10.1. The van der Waals surface area contributed by atoms with Crippen LogP contribution in [0.5, 0.6) is 23.0 Å². The van der Waals surface area contributed by atoms with Crippen molar-refractivity contribution in [2.24, 2.45) is 0 Å². The molecule has 0 aliphatic rings. The first-order valence-electron chi connectivity index (χ1n) is 8.41. The Balaban J connectivity index is 2.05. The summed E-state index contributed by atoms with van der Waals surface area (Å²) in [5.41, 5.74) is 0.836. The summed E-state index contributed by atoms with van der Waals surface area (Å²) >= 11 is 0. The Bertz CT molecular complexity index is 692. The van der Waals surface area contributed by atoms with Gasteiger partial charge in [-0.2, -0.15) is 0 Å². The summed E-state index contributed by atoms with van der Waals surface area (Å²) < 4.78 is 21.7. The fourth-order valence-electron chi connectivity index (χ4n) is 2.53. The molecule has 0 saturated heterocycles. The lowest BCUT2D eigenvalue weighted by Gasteiger charge is -2.18. The smallest absolute Gasteiger partial charge is 0.261 e. The number of carbonyl (C=O) groups is 1. The summed E-state index contributed by atoms with van der Waals surface area (Å²) in [6, 6.07) is 12.9. The summed E-state index contributed by atoms with van der Waals surface area (Å²) in [7, 11) is 4.66. The third-order valence-corrected chi connectivity index (χ3v) is 3.88. The van der Waals surface area contributed by atoms with E-state index in [4.69, 9.17) is 18.9 Å². The predicted molar refractivity (Wildman–Crippen MR) is 99.1 cm³/mol. The van der Waals surface area contributed by atoms with Gasteiger partial charge in [-0.05, 0) is 36.2 Å². The van der Waals surface area contributed by atoms with Gasteiger partial charge in [-0.1, -0.05) is 25.1 Å². The normalized spacial score (nSPS) is 11.4. The number of benzene rings is 2. The van der Waals surface area contributed by atoms with E-state index < -0.39 is 6.10 Å². The molecular weight excluding hydrogens is 334 g/mol. The summed E-state index contributed by atoms with van der Waals surface area (Å²) in [6.45, 7) is 2.23. The lowest BCUT2D eigenvalue weighted by molar-refractivity contribution is -0.128. The van der Waals surface area contributed by atoms with Gasteiger partial charge in [0.05, 0.1) is 21.3 Å². The number of rotatable bonds is 9. The third kappa shape index (κ3) is 4.81. The first-order chi connectivity index (χ1) is 12.6. The second-order valence-electron chi connectivity index (χ2n) is 5.58. The second kappa shape index (κ2) is 9.56. The molecule has 1 atom stereocenters. The molecule has 6 heteroatoms. The molecule has 0 fully saturated rings. The molecule has 6 nitrogen and oxygen atoms in total. The van der Waals surface area contributed by atoms with E-state index in [0.29, 0.717) is 36.0 Å². The minimum atomic E-state index is -0.556. The van der Waals surface area contributed by atoms with Gasteiger partial charge in [-0.25, -0.2) is 0 Å². The molecule has 0 heterocycles. The van der Waals surface area contributed by atoms with E-state index in [2.05, 4.69) is 5.32 Å². The number of nitrogens with one attached hydrogen (secondary N) is 1. The zero-order valence-electron chi connectivity index (χ0n) is 15.6. The average Bonchev–Trinajstić information content (AvgIpc) is 2.69. The summed E-state index contributed by atoms with van der Waals surface area (Å²) in [6.07, 6.45) is 0.00938. The van der Waals surface area contributed by atoms with Gasteiger partial charge in [-0.15, -0.1) is 0 Å². The van der Waals surface area contributed by atoms with Crippen LogP contribution in [0, 0.1) is 0 Å². The Labute approximate surface area is 154 Å². The van der Waals surface area contributed by atoms with E-state index in [0.717, 1.165) is 5.56 Å². The van der Waals surface area contributed by atoms with Crippen LogP contribution in [0.2, 0.25) is 0 Å². The largest absolute Gasteiger partial charge is 0.493 e. The van der Waals surface area contributed by atoms with Crippen LogP contribution in [0.3, 0.4) is 0 Å². The second-order valence-corrected chi connectivity index (χ2v) is 5.58. The highest BCUT2D eigenvalue weighted by molar-refractivity contribution is 5.81. The van der Waals surface area contributed by atoms with Crippen LogP contribution >= 0.6 is 0 Å². The highest BCUT2D eigenvalue weighted by atomic mass is 16.5. The van der Waals surface area contributed by atoms with Crippen molar-refractivity contribution in [1.82, 2.24) is 5.32 Å². The molecule has 0 aliphatic carbocycles. The van der Waals surface area contributed by atoms with Gasteiger partial charge in [-0.3, -0.25) is 4.79 Å². The van der Waals surface area contributed by atoms with Crippen LogP contribution < -0.4 is 24.3 Å². The monoisotopic (exact) mass is 359 g/mol. The highest BCUT2D eigenvalue weighted by Gasteiger charge is 2.19. The Hall–Kier alpha value is -2.89. The summed E-state index contributed by atoms with van der Waals surface area (Å²) in [5, 5.41) is 2.89. The predicted octanol–water partition coefficient (Wildman–Crippen LogP) is 3.19. The molecule has 0 aliphatic heterocycles. The van der Waals surface area contributed by atoms with Crippen molar-refractivity contribution < 1.29 is 23.7 Å². The number of hydrogen-bond acceptors (Lipinski definition) is 5. The standard InChI is InChI=1S/C20H25NO5/c1-5-16(26-15-9-7-6-8-10-15)20(22)21-13-14-11-17(23-2)19(25-4)18(12-14)24-3/h6-12,16H,5,13H2,1-4H3,(H,21,22). The van der Waals surface area contributed by atoms with Crippen LogP contribution in [0.1, 0.15) is 18.9 Å². The molecule has 1 amide bonds. The van der Waals surface area contributed by atoms with Crippen LogP contribution in [0.4, 0.5) is 0 Å². The maximum atomic E-state index is 12.5. The van der Waals surface area contributed by atoms with Gasteiger partial charge in [0, 0.05) is 6.54 Å². The zero-order valence-corrected chi connectivity index (χ0v) is 15.6. The molecule has 1 N–H and O–H groups in total. The van der Waals surface area contributed by atoms with Gasteiger partial charge >= 0.3 is 0 Å². The van der Waals surface area contributed by atoms with Gasteiger partial charge in [0.1, 0.15) is 5.75 Å². The Kier molecular flexibility index (Phi) is 7.14. The van der Waals surface area contributed by atoms with Crippen LogP contribution in [0.25, 0.3) is 0 Å². The topological polar surface area (TPSA) is 66.0 Å². The Morgan fingerprint density at radius 1 is 1.00 bits per heavy atom. The van der Waals surface area contributed by atoms with E-state index in [1.165, 1.54) is 0 Å². The Morgan fingerprint density at radius 2 is 1.62 bits per heavy atom. The van der Waals surface area contributed by atoms with E-state index in [9.17, 15) is 4.79 Å². The van der Waals surface area contributed by atoms with E-state index in [-0.39, 0.29) is 5.91 Å². The van der Waals surface area contributed by atoms with Crippen LogP contribution in [-0.4, -0.2) is 33.3 Å². The zero-order chi connectivity index (χ0) is 18.9. The minimum absolute atomic E-state index is 0.176. The maximum Gasteiger partial charge on any atom is 0.261 e. The third-order valence-electron chi connectivity index (χ3n) is 3.88. The lowest BCUT2D eigenvalue weighted by Crippen LogP contribution is -2.37. The molecule has 0 aromatic heterocycles. The number of para-hydroxylation sites is 1. The fraction of sp³-hybridized carbons (Fsp3) is 0.350. The molecular formula is C20H25NO5. The van der Waals surface area contributed by atoms with Crippen molar-refractivity contribution in [3.8, 4) is 23.0 Å². The number of amides is 1. The highest BCUT2D eigenvalue weighted by Crippen LogP contribution is 2.38. The molecule has 0 saturated carbocycles. The first-order valence-corrected chi connectivity index (χ1v) is 8.41. The number of carbonyl (C=O) groups excluding carboxylic acids is 1. The van der Waals surface area contributed by atoms with Crippen LogP contribution in [0.15, 0.2) is 42.5 Å². The molecule has 140 valence electrons. The van der Waals surface area contributed by atoms with Gasteiger partial charge in [0.2, 0.25) is 5.75 Å². The van der Waals surface area contributed by atoms with Crippen molar-refractivity contribution in [3.63, 3.8) is 0 Å². The molecule has 2 aromatic carbocycles. The summed E-state index contributed by atoms with van der Waals surface area (Å²) in [4.78, 5) is 12.5. The van der Waals surface area contributed by atoms with Gasteiger partial charge < -0.3 is 24.3 Å². The average molecular weight is 359 g/mol. The van der Waals surface area contributed by atoms with E-state index >= 15 is 0 Å². The summed E-state index contributed by atoms with van der Waals surface area (Å²) in [5.74, 6) is 2.10. The van der Waals surface area contributed by atoms with Gasteiger partial charge in [0.15, 0.2) is 17.6 Å². The van der Waals surface area contributed by atoms with Crippen molar-refractivity contribution in [3.05, 3.63) is 48.0 Å².